The number of benzene rings is 12. The number of halogens is 3. The molecular weight excluding hydrogens is 1590 g/mol. The van der Waals surface area contributed by atoms with E-state index in [9.17, 15) is 28.7 Å². The van der Waals surface area contributed by atoms with Crippen LogP contribution in [0.3, 0.4) is 0 Å². The first-order chi connectivity index (χ1) is 58.3. The topological polar surface area (TPSA) is 344 Å². The van der Waals surface area contributed by atoms with E-state index in [4.69, 9.17) is 54.5 Å². The summed E-state index contributed by atoms with van der Waals surface area (Å²) in [6.07, 6.45) is 7.30. The number of aromatic hydroxyl groups is 1. The lowest BCUT2D eigenvalue weighted by molar-refractivity contribution is -0.116. The number of nitrogens with two attached hydrogens (primary N) is 4. The summed E-state index contributed by atoms with van der Waals surface area (Å²) in [4.78, 5) is 87.4. The second-order valence-electron chi connectivity index (χ2n) is 27.2. The van der Waals surface area contributed by atoms with E-state index in [0.29, 0.717) is 102 Å². The van der Waals surface area contributed by atoms with Crippen LogP contribution in [-0.4, -0.2) is 68.6 Å². The van der Waals surface area contributed by atoms with Crippen molar-refractivity contribution >= 4 is 97.2 Å². The highest BCUT2D eigenvalue weighted by molar-refractivity contribution is 9.10. The van der Waals surface area contributed by atoms with Gasteiger partial charge in [0.2, 0.25) is 23.6 Å². The van der Waals surface area contributed by atoms with E-state index in [1.165, 1.54) is 12.1 Å². The van der Waals surface area contributed by atoms with Crippen molar-refractivity contribution in [1.29, 1.82) is 0 Å². The Kier molecular flexibility index (Phi) is 27.7. The summed E-state index contributed by atoms with van der Waals surface area (Å²) in [7, 11) is 0. The molecule has 0 aliphatic rings. The van der Waals surface area contributed by atoms with E-state index < -0.39 is 0 Å². The third-order valence-electron chi connectivity index (χ3n) is 18.3. The second kappa shape index (κ2) is 40.2. The summed E-state index contributed by atoms with van der Waals surface area (Å²) >= 11 is 9.32. The monoisotopic (exact) mass is 1670 g/mol. The fourth-order valence-corrected chi connectivity index (χ4v) is 12.5. The van der Waals surface area contributed by atoms with Crippen LogP contribution in [0.25, 0.3) is 90.1 Å². The van der Waals surface area contributed by atoms with E-state index in [0.717, 1.165) is 65.7 Å². The van der Waals surface area contributed by atoms with Crippen LogP contribution in [-0.2, 0) is 44.9 Å². The van der Waals surface area contributed by atoms with E-state index >= 15 is 0 Å². The predicted octanol–water partition coefficient (Wildman–Crippen LogP) is 19.6. The van der Waals surface area contributed by atoms with Gasteiger partial charge in [0.1, 0.15) is 34.3 Å². The summed E-state index contributed by atoms with van der Waals surface area (Å²) in [6.45, 7) is 0. The molecule has 4 aromatic heterocycles. The van der Waals surface area contributed by atoms with Gasteiger partial charge in [-0.15, -0.1) is 0 Å². The minimum atomic E-state index is -0.338. The number of hydrogen-bond acceptors (Lipinski definition) is 17. The molecule has 0 saturated heterocycles. The number of carbonyl (C=O) groups is 4. The summed E-state index contributed by atoms with van der Waals surface area (Å²) < 4.78 is 14.1. The Morgan fingerprint density at radius 1 is 0.300 bits per heavy atom. The van der Waals surface area contributed by atoms with Crippen LogP contribution in [0.2, 0.25) is 5.02 Å². The fourth-order valence-electron chi connectivity index (χ4n) is 12.2. The summed E-state index contributed by atoms with van der Waals surface area (Å²) in [5, 5.41) is 21.5. The highest BCUT2D eigenvalue weighted by Gasteiger charge is 2.20. The van der Waals surface area contributed by atoms with Crippen LogP contribution < -0.4 is 44.2 Å². The van der Waals surface area contributed by atoms with Crippen LogP contribution in [0.15, 0.2) is 345 Å². The average molecular weight is 1670 g/mol. The van der Waals surface area contributed by atoms with Crippen LogP contribution >= 0.6 is 27.5 Å². The minimum Gasteiger partial charge on any atom is -0.508 e. The third kappa shape index (κ3) is 23.4. The third-order valence-corrected chi connectivity index (χ3v) is 19.1. The van der Waals surface area contributed by atoms with Gasteiger partial charge in [-0.25, -0.2) is 44.3 Å². The Labute approximate surface area is 704 Å². The molecule has 0 spiro atoms. The maximum absolute atomic E-state index is 13.1. The molecule has 0 aliphatic heterocycles. The normalized spacial score (nSPS) is 10.6. The minimum absolute atomic E-state index is 0.107. The summed E-state index contributed by atoms with van der Waals surface area (Å²) in [6, 6.07) is 95.3. The molecule has 21 nitrogen and oxygen atoms in total. The van der Waals surface area contributed by atoms with Gasteiger partial charge in [-0.1, -0.05) is 246 Å². The van der Waals surface area contributed by atoms with Gasteiger partial charge in [0, 0.05) is 76.8 Å². The van der Waals surface area contributed by atoms with Crippen LogP contribution in [0.1, 0.15) is 22.3 Å². The molecule has 592 valence electrons. The zero-order valence-corrected chi connectivity index (χ0v) is 66.6. The number of nitrogens with zero attached hydrogens (tertiary/aromatic N) is 8. The van der Waals surface area contributed by atoms with Crippen LogP contribution in [0, 0.1) is 5.82 Å². The molecule has 0 aliphatic carbocycles. The van der Waals surface area contributed by atoms with Gasteiger partial charge in [0.05, 0.1) is 73.2 Å². The van der Waals surface area contributed by atoms with E-state index in [1.807, 2.05) is 243 Å². The molecule has 0 unspecified atom stereocenters. The van der Waals surface area contributed by atoms with Crippen molar-refractivity contribution in [3.05, 3.63) is 378 Å². The molecule has 13 N–H and O–H groups in total. The van der Waals surface area contributed by atoms with Gasteiger partial charge in [-0.2, -0.15) is 0 Å². The Balaban J connectivity index is 0.000000138. The molecule has 0 radical (unpaired) electrons. The Bertz CT molecular complexity index is 5410. The van der Waals surface area contributed by atoms with Gasteiger partial charge >= 0.3 is 0 Å². The molecule has 4 amide bonds. The summed E-state index contributed by atoms with van der Waals surface area (Å²) in [5.74, 6) is 0.636. The van der Waals surface area contributed by atoms with Crippen molar-refractivity contribution in [2.24, 2.45) is 0 Å². The molecule has 0 bridgehead atoms. The zero-order valence-electron chi connectivity index (χ0n) is 64.3. The van der Waals surface area contributed by atoms with Crippen molar-refractivity contribution in [3.63, 3.8) is 0 Å². The van der Waals surface area contributed by atoms with E-state index in [2.05, 4.69) is 57.1 Å². The van der Waals surface area contributed by atoms with Crippen molar-refractivity contribution in [2.45, 2.75) is 25.7 Å². The van der Waals surface area contributed by atoms with Crippen molar-refractivity contribution in [2.75, 3.05) is 44.2 Å². The highest BCUT2D eigenvalue weighted by atomic mass is 79.9. The predicted molar refractivity (Wildman–Crippen MR) is 479 cm³/mol. The van der Waals surface area contributed by atoms with Gasteiger partial charge in [-0.05, 0) is 119 Å². The van der Waals surface area contributed by atoms with Crippen molar-refractivity contribution in [3.8, 4) is 95.8 Å². The molecule has 4 heterocycles. The quantitative estimate of drug-likeness (QED) is 0.0320. The van der Waals surface area contributed by atoms with E-state index in [-0.39, 0.29) is 60.9 Å². The second-order valence-corrected chi connectivity index (χ2v) is 28.6. The Morgan fingerprint density at radius 2 is 0.525 bits per heavy atom. The number of nitrogen functional groups attached to an aromatic ring is 4. The van der Waals surface area contributed by atoms with Crippen molar-refractivity contribution in [1.82, 2.24) is 39.9 Å². The molecule has 0 saturated carbocycles. The smallest absolute Gasteiger partial charge is 0.230 e. The first-order valence-electron chi connectivity index (χ1n) is 37.7. The SMILES string of the molecule is Nc1ccc(-c2cnc(NC(=O)Cc3ccc(Br)cc3)c(-c3ccccc3)n2)cc1.Nc1ccc(-c2cnc(NC(=O)Cc3ccc(Cl)cc3)c(-c3ccccc3)n2)cc1.Nc1ccc(-c2cnc(NC(=O)Cc3ccc(F)cc3)c(-c3ccccc3)n2)cc1.Nc1ccc(-c2cnc(NC(=O)Cc3ccc(O)cc3)c(-c3ccccc3)n2)cc1. The number of rotatable bonds is 20. The number of phenols is 1. The van der Waals surface area contributed by atoms with Gasteiger partial charge < -0.3 is 49.3 Å². The molecular formula is C96H77BrClFN16O5. The lowest BCUT2D eigenvalue weighted by atomic mass is 10.1. The number of phenolic OH excluding ortho intramolecular Hbond substituents is 1. The van der Waals surface area contributed by atoms with Gasteiger partial charge in [0.25, 0.3) is 0 Å². The summed E-state index contributed by atoms with van der Waals surface area (Å²) in [5.41, 5.74) is 41.2. The number of aromatic nitrogens is 8. The molecule has 120 heavy (non-hydrogen) atoms. The maximum Gasteiger partial charge on any atom is 0.230 e. The number of hydrogen-bond donors (Lipinski definition) is 9. The Morgan fingerprint density at radius 3 is 0.775 bits per heavy atom. The fraction of sp³-hybridized carbons (Fsp3) is 0.0417. The molecule has 12 aromatic carbocycles. The van der Waals surface area contributed by atoms with Crippen LogP contribution in [0.5, 0.6) is 5.75 Å². The van der Waals surface area contributed by atoms with Gasteiger partial charge in [-0.3, -0.25) is 19.2 Å². The molecule has 16 rings (SSSR count). The maximum atomic E-state index is 13.1. The first-order valence-corrected chi connectivity index (χ1v) is 38.8. The van der Waals surface area contributed by atoms with Crippen molar-refractivity contribution < 1.29 is 28.7 Å². The number of anilines is 8. The zero-order chi connectivity index (χ0) is 83.7. The Hall–Kier alpha value is -15.5. The standard InChI is InChI=1S/C24H19BrN4O.C24H19ClN4O.C24H19FN4O.C24H20N4O2/c3*25-19-10-6-16(7-11-19)14-22(30)29-24-23(18-4-2-1-3-5-18)28-21(15-27-24)17-8-12-20(26)13-9-17;25-19-10-8-17(9-11-19)21-15-26-24(23(27-21)18-4-2-1-3-5-18)28-22(30)14-16-6-12-20(29)13-7-16/h3*1-13,15H,14,26H2,(H,27,29,30);1-13,15,29H,14,25H2,(H,26,28,30). The number of amides is 4. The lowest BCUT2D eigenvalue weighted by Crippen LogP contribution is -2.16. The molecule has 24 heteroatoms. The highest BCUT2D eigenvalue weighted by Crippen LogP contribution is 2.34. The largest absolute Gasteiger partial charge is 0.508 e. The lowest BCUT2D eigenvalue weighted by Gasteiger charge is -2.12. The number of carbonyl (C=O) groups excluding carboxylic acids is 4. The van der Waals surface area contributed by atoms with Crippen LogP contribution in [0.4, 0.5) is 50.4 Å². The first kappa shape index (κ1) is 82.5. The molecule has 0 atom stereocenters. The number of nitrogens with one attached hydrogen (secondary N) is 4. The average Bonchev–Trinajstić information content (AvgIpc) is 0.820. The molecule has 16 aromatic rings. The van der Waals surface area contributed by atoms with Gasteiger partial charge in [0.15, 0.2) is 23.3 Å². The molecule has 0 fully saturated rings. The van der Waals surface area contributed by atoms with E-state index in [1.54, 1.807) is 85.5 Å².